The van der Waals surface area contributed by atoms with E-state index in [4.69, 9.17) is 16.0 Å². The summed E-state index contributed by atoms with van der Waals surface area (Å²) in [5.74, 6) is 0.931. The molecule has 2 aromatic rings. The Hall–Kier alpha value is -2.07. The summed E-state index contributed by atoms with van der Waals surface area (Å²) in [4.78, 5) is 12.2. The van der Waals surface area contributed by atoms with Gasteiger partial charge < -0.3 is 4.42 Å². The number of furan rings is 1. The van der Waals surface area contributed by atoms with Crippen LogP contribution in [0.25, 0.3) is 0 Å². The lowest BCUT2D eigenvalue weighted by molar-refractivity contribution is -0.132. The second-order valence-corrected chi connectivity index (χ2v) is 5.21. The number of amides is 1. The van der Waals surface area contributed by atoms with Crippen LogP contribution in [0.5, 0.6) is 0 Å². The summed E-state index contributed by atoms with van der Waals surface area (Å²) in [5.41, 5.74) is 1.85. The lowest BCUT2D eigenvalue weighted by atomic mass is 10.0. The van der Waals surface area contributed by atoms with Crippen molar-refractivity contribution in [1.29, 1.82) is 0 Å². The SMILES string of the molecule is O=C(CCCl)N1N=C(c2ccco2)CC1c1ccccc1. The molecule has 3 rings (SSSR count). The van der Waals surface area contributed by atoms with Gasteiger partial charge in [-0.25, -0.2) is 5.01 Å². The number of carbonyl (C=O) groups excluding carboxylic acids is 1. The molecule has 1 aromatic carbocycles. The van der Waals surface area contributed by atoms with Crippen LogP contribution in [0.1, 0.15) is 30.2 Å². The van der Waals surface area contributed by atoms with Crippen LogP contribution in [-0.4, -0.2) is 22.5 Å². The van der Waals surface area contributed by atoms with E-state index in [1.54, 1.807) is 6.26 Å². The highest BCUT2D eigenvalue weighted by Gasteiger charge is 2.33. The normalized spacial score (nSPS) is 17.9. The maximum Gasteiger partial charge on any atom is 0.244 e. The number of nitrogens with zero attached hydrogens (tertiary/aromatic N) is 2. The fraction of sp³-hybridized carbons (Fsp3) is 0.250. The maximum absolute atomic E-state index is 12.2. The van der Waals surface area contributed by atoms with E-state index in [1.165, 1.54) is 5.01 Å². The number of carbonyl (C=O) groups is 1. The lowest BCUT2D eigenvalue weighted by Gasteiger charge is -2.21. The molecule has 108 valence electrons. The Labute approximate surface area is 128 Å². The molecule has 0 spiro atoms. The highest BCUT2D eigenvalue weighted by Crippen LogP contribution is 2.33. The van der Waals surface area contributed by atoms with Gasteiger partial charge in [0.25, 0.3) is 0 Å². The van der Waals surface area contributed by atoms with Crippen molar-refractivity contribution in [1.82, 2.24) is 5.01 Å². The minimum atomic E-state index is -0.0954. The first-order valence-electron chi connectivity index (χ1n) is 6.84. The molecular weight excluding hydrogens is 288 g/mol. The van der Waals surface area contributed by atoms with Gasteiger partial charge in [0.2, 0.25) is 5.91 Å². The third-order valence-corrected chi connectivity index (χ3v) is 3.65. The number of rotatable bonds is 4. The van der Waals surface area contributed by atoms with E-state index in [9.17, 15) is 4.79 Å². The number of hydrogen-bond acceptors (Lipinski definition) is 3. The Morgan fingerprint density at radius 1 is 1.29 bits per heavy atom. The zero-order valence-corrected chi connectivity index (χ0v) is 12.2. The summed E-state index contributed by atoms with van der Waals surface area (Å²) in [7, 11) is 0. The van der Waals surface area contributed by atoms with Crippen LogP contribution in [0.3, 0.4) is 0 Å². The van der Waals surface area contributed by atoms with Crippen LogP contribution < -0.4 is 0 Å². The summed E-state index contributed by atoms with van der Waals surface area (Å²) in [6.45, 7) is 0. The third-order valence-electron chi connectivity index (χ3n) is 3.46. The predicted molar refractivity (Wildman–Crippen MR) is 81.2 cm³/mol. The van der Waals surface area contributed by atoms with E-state index in [-0.39, 0.29) is 18.4 Å². The highest BCUT2D eigenvalue weighted by molar-refractivity contribution is 6.19. The van der Waals surface area contributed by atoms with Gasteiger partial charge in [-0.3, -0.25) is 4.79 Å². The van der Waals surface area contributed by atoms with Gasteiger partial charge in [-0.15, -0.1) is 11.6 Å². The summed E-state index contributed by atoms with van der Waals surface area (Å²) >= 11 is 5.69. The molecule has 1 unspecified atom stereocenters. The average molecular weight is 303 g/mol. The first-order valence-corrected chi connectivity index (χ1v) is 7.37. The molecule has 0 aliphatic carbocycles. The second-order valence-electron chi connectivity index (χ2n) is 4.83. The molecule has 4 nitrogen and oxygen atoms in total. The molecule has 0 saturated carbocycles. The fourth-order valence-corrected chi connectivity index (χ4v) is 2.62. The number of hydrogen-bond donors (Lipinski definition) is 0. The smallest absolute Gasteiger partial charge is 0.244 e. The zero-order chi connectivity index (χ0) is 14.7. The third kappa shape index (κ3) is 2.85. The molecule has 5 heteroatoms. The Bertz CT molecular complexity index is 638. The minimum Gasteiger partial charge on any atom is -0.463 e. The van der Waals surface area contributed by atoms with Gasteiger partial charge in [0.15, 0.2) is 0 Å². The molecule has 1 aromatic heterocycles. The topological polar surface area (TPSA) is 45.8 Å². The van der Waals surface area contributed by atoms with E-state index in [2.05, 4.69) is 5.10 Å². The van der Waals surface area contributed by atoms with Gasteiger partial charge in [0.05, 0.1) is 12.3 Å². The Morgan fingerprint density at radius 3 is 2.76 bits per heavy atom. The van der Waals surface area contributed by atoms with Crippen molar-refractivity contribution >= 4 is 23.2 Å². The second kappa shape index (κ2) is 6.14. The fourth-order valence-electron chi connectivity index (χ4n) is 2.46. The summed E-state index contributed by atoms with van der Waals surface area (Å²) in [6.07, 6.45) is 2.53. The van der Waals surface area contributed by atoms with E-state index >= 15 is 0 Å². The Balaban J connectivity index is 1.91. The van der Waals surface area contributed by atoms with Gasteiger partial charge in [-0.1, -0.05) is 30.3 Å². The lowest BCUT2D eigenvalue weighted by Crippen LogP contribution is -2.27. The van der Waals surface area contributed by atoms with Crippen molar-refractivity contribution in [3.8, 4) is 0 Å². The molecule has 1 aliphatic heterocycles. The van der Waals surface area contributed by atoms with Gasteiger partial charge in [0.1, 0.15) is 11.5 Å². The highest BCUT2D eigenvalue weighted by atomic mass is 35.5. The Kier molecular flexibility index (Phi) is 4.06. The van der Waals surface area contributed by atoms with Crippen LogP contribution in [0.4, 0.5) is 0 Å². The summed E-state index contributed by atoms with van der Waals surface area (Å²) in [6, 6.07) is 13.5. The molecule has 2 heterocycles. The molecule has 1 amide bonds. The van der Waals surface area contributed by atoms with Crippen LogP contribution in [0.2, 0.25) is 0 Å². The van der Waals surface area contributed by atoms with Crippen LogP contribution in [0.15, 0.2) is 58.2 Å². The predicted octanol–water partition coefficient (Wildman–Crippen LogP) is 3.59. The zero-order valence-electron chi connectivity index (χ0n) is 11.4. The first kappa shape index (κ1) is 13.9. The van der Waals surface area contributed by atoms with Gasteiger partial charge in [0, 0.05) is 18.7 Å². The largest absolute Gasteiger partial charge is 0.463 e. The Morgan fingerprint density at radius 2 is 2.10 bits per heavy atom. The molecule has 1 aliphatic rings. The van der Waals surface area contributed by atoms with Gasteiger partial charge in [-0.05, 0) is 17.7 Å². The number of halogens is 1. The van der Waals surface area contributed by atoms with E-state index < -0.39 is 0 Å². The minimum absolute atomic E-state index is 0.0691. The van der Waals surface area contributed by atoms with Crippen molar-refractivity contribution in [3.63, 3.8) is 0 Å². The molecule has 0 radical (unpaired) electrons. The molecule has 1 atom stereocenters. The molecule has 0 N–H and O–H groups in total. The number of benzene rings is 1. The number of alkyl halides is 1. The van der Waals surface area contributed by atoms with Crippen molar-refractivity contribution in [2.75, 3.05) is 5.88 Å². The van der Waals surface area contributed by atoms with Gasteiger partial charge in [-0.2, -0.15) is 5.10 Å². The van der Waals surface area contributed by atoms with Crippen molar-refractivity contribution in [3.05, 3.63) is 60.1 Å². The van der Waals surface area contributed by atoms with Crippen molar-refractivity contribution < 1.29 is 9.21 Å². The van der Waals surface area contributed by atoms with Crippen LogP contribution in [-0.2, 0) is 4.79 Å². The van der Waals surface area contributed by atoms with Crippen molar-refractivity contribution in [2.24, 2.45) is 5.10 Å². The molecule has 0 fully saturated rings. The maximum atomic E-state index is 12.2. The average Bonchev–Trinajstić information content (AvgIpc) is 3.17. The molecule has 21 heavy (non-hydrogen) atoms. The quantitative estimate of drug-likeness (QED) is 0.810. The molecular formula is C16H15ClN2O2. The standard InChI is InChI=1S/C16H15ClN2O2/c17-9-8-16(20)19-14(12-5-2-1-3-6-12)11-13(18-19)15-7-4-10-21-15/h1-7,10,14H,8-9,11H2. The van der Waals surface area contributed by atoms with Crippen LogP contribution in [0, 0.1) is 0 Å². The van der Waals surface area contributed by atoms with E-state index in [1.807, 2.05) is 42.5 Å². The van der Waals surface area contributed by atoms with E-state index in [0.717, 1.165) is 11.3 Å². The van der Waals surface area contributed by atoms with Gasteiger partial charge >= 0.3 is 0 Å². The summed E-state index contributed by atoms with van der Waals surface area (Å²) in [5, 5.41) is 5.99. The molecule has 0 bridgehead atoms. The number of hydrazone groups is 1. The monoisotopic (exact) mass is 302 g/mol. The van der Waals surface area contributed by atoms with Crippen molar-refractivity contribution in [2.45, 2.75) is 18.9 Å². The molecule has 0 saturated heterocycles. The van der Waals surface area contributed by atoms with Crippen LogP contribution >= 0.6 is 11.6 Å². The first-order chi connectivity index (χ1) is 10.3. The summed E-state index contributed by atoms with van der Waals surface area (Å²) < 4.78 is 5.39. The van der Waals surface area contributed by atoms with E-state index in [0.29, 0.717) is 18.1 Å².